The third kappa shape index (κ3) is 11.0. The maximum absolute atomic E-state index is 10.6. The summed E-state index contributed by atoms with van der Waals surface area (Å²) < 4.78 is 31.7. The van der Waals surface area contributed by atoms with Crippen LogP contribution in [0.15, 0.2) is 0 Å². The summed E-state index contributed by atoms with van der Waals surface area (Å²) in [4.78, 5) is 28.9. The third-order valence-corrected chi connectivity index (χ3v) is 1.54. The molecule has 0 saturated carbocycles. The molecule has 0 aliphatic carbocycles. The summed E-state index contributed by atoms with van der Waals surface area (Å²) >= 11 is 3.77. The van der Waals surface area contributed by atoms with Crippen LogP contribution in [-0.4, -0.2) is 53.0 Å². The summed E-state index contributed by atoms with van der Waals surface area (Å²) in [6.45, 7) is 0.0531. The number of rotatable bonds is 5. The van der Waals surface area contributed by atoms with Crippen molar-refractivity contribution in [2.24, 2.45) is 0 Å². The Balaban J connectivity index is 0. The van der Waals surface area contributed by atoms with Crippen LogP contribution in [0.3, 0.4) is 0 Å². The minimum absolute atomic E-state index is 0.0531. The first-order chi connectivity index (χ1) is 7.66. The fourth-order valence-corrected chi connectivity index (χ4v) is 0.706. The highest BCUT2D eigenvalue weighted by Crippen LogP contribution is 2.13. The Morgan fingerprint density at radius 1 is 1.35 bits per heavy atom. The minimum Gasteiger partial charge on any atom is -0.480 e. The Morgan fingerprint density at radius 2 is 1.76 bits per heavy atom. The quantitative estimate of drug-likeness (QED) is 0.409. The van der Waals surface area contributed by atoms with Crippen molar-refractivity contribution in [3.8, 4) is 0 Å². The summed E-state index contributed by atoms with van der Waals surface area (Å²) in [6.07, 6.45) is -4.47. The Morgan fingerprint density at radius 3 is 1.94 bits per heavy atom. The van der Waals surface area contributed by atoms with Crippen molar-refractivity contribution in [2.45, 2.75) is 12.2 Å². The fourth-order valence-electron chi connectivity index (χ4n) is 0.420. The summed E-state index contributed by atoms with van der Waals surface area (Å²) in [5.41, 5.74) is 0. The highest BCUT2D eigenvalue weighted by molar-refractivity contribution is 7.80. The van der Waals surface area contributed by atoms with Crippen molar-refractivity contribution < 1.29 is 37.8 Å². The van der Waals surface area contributed by atoms with Gasteiger partial charge >= 0.3 is 18.1 Å². The number of carbonyl (C=O) groups is 3. The zero-order chi connectivity index (χ0) is 14.1. The normalized spacial score (nSPS) is 12.0. The molecule has 100 valence electrons. The Hall–Kier alpha value is -1.29. The van der Waals surface area contributed by atoms with Gasteiger partial charge in [0.1, 0.15) is 12.3 Å². The van der Waals surface area contributed by atoms with E-state index in [-0.39, 0.29) is 12.3 Å². The molecule has 0 radical (unpaired) electrons. The lowest BCUT2D eigenvalue weighted by Crippen LogP contribution is -2.39. The molecule has 0 spiro atoms. The molecule has 0 aliphatic heterocycles. The van der Waals surface area contributed by atoms with Crippen LogP contribution in [0.4, 0.5) is 13.2 Å². The van der Waals surface area contributed by atoms with Gasteiger partial charge in [0.2, 0.25) is 0 Å². The monoisotopic (exact) mass is 277 g/mol. The fraction of sp³-hybridized carbons (Fsp3) is 0.571. The standard InChI is InChI=1S/C5H9NO3S.C2HF3O2/c7-2-1-6-4(3-10)5(8)9;3-2(4,5)1(6)7/h2,4,6,10H,1,3H2,(H,8,9);(H,6,7)/t4-;/m0./s1. The molecule has 17 heavy (non-hydrogen) atoms. The van der Waals surface area contributed by atoms with E-state index in [0.717, 1.165) is 0 Å². The van der Waals surface area contributed by atoms with Crippen molar-refractivity contribution in [2.75, 3.05) is 12.3 Å². The predicted molar refractivity (Wildman–Crippen MR) is 53.0 cm³/mol. The number of alkyl halides is 3. The second-order valence-electron chi connectivity index (χ2n) is 2.45. The van der Waals surface area contributed by atoms with E-state index in [1.807, 2.05) is 0 Å². The Kier molecular flexibility index (Phi) is 9.38. The zero-order valence-corrected chi connectivity index (χ0v) is 9.16. The molecule has 6 nitrogen and oxygen atoms in total. The second kappa shape index (κ2) is 8.82. The molecular weight excluding hydrogens is 267 g/mol. The molecule has 0 amide bonds. The summed E-state index contributed by atoms with van der Waals surface area (Å²) in [5, 5.41) is 18.0. The third-order valence-electron chi connectivity index (χ3n) is 1.17. The number of thiol groups is 1. The topological polar surface area (TPSA) is 104 Å². The second-order valence-corrected chi connectivity index (χ2v) is 2.82. The van der Waals surface area contributed by atoms with Crippen LogP contribution in [0.1, 0.15) is 0 Å². The molecule has 0 bridgehead atoms. The average Bonchev–Trinajstić information content (AvgIpc) is 2.18. The van der Waals surface area contributed by atoms with Crippen molar-refractivity contribution in [1.29, 1.82) is 0 Å². The maximum atomic E-state index is 10.6. The van der Waals surface area contributed by atoms with E-state index in [1.165, 1.54) is 0 Å². The zero-order valence-electron chi connectivity index (χ0n) is 8.27. The van der Waals surface area contributed by atoms with E-state index >= 15 is 0 Å². The molecule has 0 unspecified atom stereocenters. The lowest BCUT2D eigenvalue weighted by molar-refractivity contribution is -0.192. The van der Waals surface area contributed by atoms with Gasteiger partial charge in [-0.15, -0.1) is 0 Å². The van der Waals surface area contributed by atoms with Gasteiger partial charge in [-0.3, -0.25) is 10.1 Å². The van der Waals surface area contributed by atoms with Gasteiger partial charge in [0.15, 0.2) is 0 Å². The number of carboxylic acid groups (broad SMARTS) is 2. The van der Waals surface area contributed by atoms with Crippen molar-refractivity contribution in [1.82, 2.24) is 5.32 Å². The average molecular weight is 277 g/mol. The molecule has 10 heteroatoms. The van der Waals surface area contributed by atoms with Crippen LogP contribution < -0.4 is 5.32 Å². The molecule has 0 aromatic carbocycles. The molecule has 0 aliphatic rings. The van der Waals surface area contributed by atoms with Crippen LogP contribution >= 0.6 is 12.6 Å². The van der Waals surface area contributed by atoms with Crippen LogP contribution in [0.5, 0.6) is 0 Å². The predicted octanol–water partition coefficient (Wildman–Crippen LogP) is -0.209. The van der Waals surface area contributed by atoms with Gasteiger partial charge in [0.25, 0.3) is 0 Å². The van der Waals surface area contributed by atoms with Gasteiger partial charge in [-0.25, -0.2) is 4.79 Å². The summed E-state index contributed by atoms with van der Waals surface area (Å²) in [7, 11) is 0. The summed E-state index contributed by atoms with van der Waals surface area (Å²) in [5.74, 6) is -3.56. The van der Waals surface area contributed by atoms with Gasteiger partial charge in [-0.1, -0.05) is 0 Å². The molecule has 0 saturated heterocycles. The van der Waals surface area contributed by atoms with Gasteiger partial charge in [0, 0.05) is 5.75 Å². The Bertz CT molecular complexity index is 271. The van der Waals surface area contributed by atoms with Crippen molar-refractivity contribution in [3.63, 3.8) is 0 Å². The van der Waals surface area contributed by atoms with Crippen LogP contribution in [0, 0.1) is 0 Å². The van der Waals surface area contributed by atoms with Gasteiger partial charge < -0.3 is 15.0 Å². The number of aldehydes is 1. The van der Waals surface area contributed by atoms with E-state index < -0.39 is 24.2 Å². The number of carboxylic acids is 2. The molecule has 1 atom stereocenters. The van der Waals surface area contributed by atoms with Crippen LogP contribution in [-0.2, 0) is 14.4 Å². The highest BCUT2D eigenvalue weighted by atomic mass is 32.1. The van der Waals surface area contributed by atoms with Crippen LogP contribution in [0.2, 0.25) is 0 Å². The van der Waals surface area contributed by atoms with E-state index in [4.69, 9.17) is 15.0 Å². The van der Waals surface area contributed by atoms with E-state index in [0.29, 0.717) is 6.29 Å². The van der Waals surface area contributed by atoms with Gasteiger partial charge in [-0.05, 0) is 0 Å². The lowest BCUT2D eigenvalue weighted by atomic mass is 10.3. The molecule has 0 aromatic rings. The number of aliphatic carboxylic acids is 2. The Labute approximate surface area is 99.2 Å². The molecule has 0 aromatic heterocycles. The summed E-state index contributed by atoms with van der Waals surface area (Å²) in [6, 6.07) is -0.728. The first-order valence-electron chi connectivity index (χ1n) is 3.97. The van der Waals surface area contributed by atoms with E-state index in [2.05, 4.69) is 17.9 Å². The van der Waals surface area contributed by atoms with Crippen molar-refractivity contribution >= 4 is 30.9 Å². The van der Waals surface area contributed by atoms with E-state index in [9.17, 15) is 22.8 Å². The molecule has 0 rings (SSSR count). The number of hydrogen-bond donors (Lipinski definition) is 4. The number of carbonyl (C=O) groups excluding carboxylic acids is 1. The van der Waals surface area contributed by atoms with Crippen LogP contribution in [0.25, 0.3) is 0 Å². The molecular formula is C7H10F3NO5S. The smallest absolute Gasteiger partial charge is 0.480 e. The molecule has 0 fully saturated rings. The number of hydrogen-bond acceptors (Lipinski definition) is 5. The minimum atomic E-state index is -5.08. The maximum Gasteiger partial charge on any atom is 0.490 e. The molecule has 3 N–H and O–H groups in total. The number of halogens is 3. The first-order valence-corrected chi connectivity index (χ1v) is 4.60. The lowest BCUT2D eigenvalue weighted by Gasteiger charge is -2.07. The van der Waals surface area contributed by atoms with Gasteiger partial charge in [0.05, 0.1) is 6.54 Å². The van der Waals surface area contributed by atoms with Gasteiger partial charge in [-0.2, -0.15) is 25.8 Å². The van der Waals surface area contributed by atoms with Crippen molar-refractivity contribution in [3.05, 3.63) is 0 Å². The largest absolute Gasteiger partial charge is 0.490 e. The number of nitrogens with one attached hydrogen (secondary N) is 1. The molecule has 0 heterocycles. The van der Waals surface area contributed by atoms with E-state index in [1.54, 1.807) is 0 Å². The highest BCUT2D eigenvalue weighted by Gasteiger charge is 2.38. The SMILES string of the molecule is O=C(O)C(F)(F)F.O=CCN[C@@H](CS)C(=O)O. The first kappa shape index (κ1) is 18.1.